The van der Waals surface area contributed by atoms with E-state index < -0.39 is 0 Å². The monoisotopic (exact) mass is 401 g/mol. The van der Waals surface area contributed by atoms with Crippen molar-refractivity contribution in [2.24, 2.45) is 0 Å². The van der Waals surface area contributed by atoms with Gasteiger partial charge in [-0.3, -0.25) is 4.79 Å². The summed E-state index contributed by atoms with van der Waals surface area (Å²) in [6.45, 7) is 3.03. The maximum absolute atomic E-state index is 12.6. The lowest BCUT2D eigenvalue weighted by atomic mass is 10.1. The number of amides is 1. The van der Waals surface area contributed by atoms with Gasteiger partial charge in [0.05, 0.1) is 0 Å². The Kier molecular flexibility index (Phi) is 8.96. The van der Waals surface area contributed by atoms with Crippen molar-refractivity contribution >= 4 is 11.6 Å². The minimum absolute atomic E-state index is 0.00882. The van der Waals surface area contributed by atoms with Gasteiger partial charge in [-0.05, 0) is 48.6 Å². The number of hydrogen-bond donors (Lipinski definition) is 3. The highest BCUT2D eigenvalue weighted by molar-refractivity contribution is 5.95. The summed E-state index contributed by atoms with van der Waals surface area (Å²) < 4.78 is 0. The minimum atomic E-state index is 0.00882. The van der Waals surface area contributed by atoms with E-state index in [4.69, 9.17) is 0 Å². The number of anilines is 1. The van der Waals surface area contributed by atoms with Crippen LogP contribution in [0.2, 0.25) is 0 Å². The largest absolute Gasteiger partial charge is 0.384 e. The van der Waals surface area contributed by atoms with Gasteiger partial charge < -0.3 is 16.0 Å². The number of unbranched alkanes of at least 4 members (excludes halogenated alkanes) is 1. The highest BCUT2D eigenvalue weighted by Gasteiger charge is 2.09. The SMILES string of the molecule is O=C(NCCCCc1ccccc1)c1ccccc1CNCCNc1ccccc1. The highest BCUT2D eigenvalue weighted by atomic mass is 16.1. The maximum atomic E-state index is 12.6. The van der Waals surface area contributed by atoms with Gasteiger partial charge in [-0.25, -0.2) is 0 Å². The van der Waals surface area contributed by atoms with Crippen molar-refractivity contribution < 1.29 is 4.79 Å². The van der Waals surface area contributed by atoms with E-state index in [9.17, 15) is 4.79 Å². The molecule has 0 aromatic heterocycles. The van der Waals surface area contributed by atoms with Crippen molar-refractivity contribution in [1.29, 1.82) is 0 Å². The van der Waals surface area contributed by atoms with E-state index in [-0.39, 0.29) is 5.91 Å². The summed E-state index contributed by atoms with van der Waals surface area (Å²) in [7, 11) is 0. The fourth-order valence-corrected chi connectivity index (χ4v) is 3.37. The lowest BCUT2D eigenvalue weighted by Gasteiger charge is -2.12. The number of carbonyl (C=O) groups excluding carboxylic acids is 1. The molecule has 0 bridgehead atoms. The minimum Gasteiger partial charge on any atom is -0.384 e. The second kappa shape index (κ2) is 12.5. The maximum Gasteiger partial charge on any atom is 0.251 e. The van der Waals surface area contributed by atoms with Crippen LogP contribution < -0.4 is 16.0 Å². The Morgan fingerprint density at radius 3 is 2.20 bits per heavy atom. The molecule has 156 valence electrons. The van der Waals surface area contributed by atoms with Crippen molar-refractivity contribution in [1.82, 2.24) is 10.6 Å². The van der Waals surface area contributed by atoms with Crippen molar-refractivity contribution in [3.63, 3.8) is 0 Å². The Morgan fingerprint density at radius 1 is 0.700 bits per heavy atom. The molecule has 0 aliphatic heterocycles. The van der Waals surface area contributed by atoms with Gasteiger partial charge >= 0.3 is 0 Å². The second-order valence-corrected chi connectivity index (χ2v) is 7.33. The predicted molar refractivity (Wildman–Crippen MR) is 125 cm³/mol. The van der Waals surface area contributed by atoms with Crippen LogP contribution in [0.3, 0.4) is 0 Å². The molecule has 0 heterocycles. The lowest BCUT2D eigenvalue weighted by Crippen LogP contribution is -2.27. The highest BCUT2D eigenvalue weighted by Crippen LogP contribution is 2.09. The zero-order valence-corrected chi connectivity index (χ0v) is 17.4. The van der Waals surface area contributed by atoms with E-state index in [1.807, 2.05) is 48.5 Å². The van der Waals surface area contributed by atoms with Crippen molar-refractivity contribution in [3.05, 3.63) is 102 Å². The number of benzene rings is 3. The summed E-state index contributed by atoms with van der Waals surface area (Å²) in [4.78, 5) is 12.6. The van der Waals surface area contributed by atoms with Crippen molar-refractivity contribution in [3.8, 4) is 0 Å². The van der Waals surface area contributed by atoms with Gasteiger partial charge in [0.2, 0.25) is 0 Å². The molecule has 0 atom stereocenters. The molecular weight excluding hydrogens is 370 g/mol. The predicted octanol–water partition coefficient (Wildman–Crippen LogP) is 4.64. The fourth-order valence-electron chi connectivity index (χ4n) is 3.37. The molecule has 0 saturated carbocycles. The van der Waals surface area contributed by atoms with Crippen LogP contribution in [0, 0.1) is 0 Å². The summed E-state index contributed by atoms with van der Waals surface area (Å²) in [5, 5.41) is 9.87. The van der Waals surface area contributed by atoms with Gasteiger partial charge in [-0.1, -0.05) is 66.7 Å². The smallest absolute Gasteiger partial charge is 0.251 e. The summed E-state index contributed by atoms with van der Waals surface area (Å²) in [5.41, 5.74) is 4.25. The summed E-state index contributed by atoms with van der Waals surface area (Å²) in [5.74, 6) is 0.00882. The van der Waals surface area contributed by atoms with Crippen LogP contribution >= 0.6 is 0 Å². The van der Waals surface area contributed by atoms with Crippen LogP contribution in [0.4, 0.5) is 5.69 Å². The number of carbonyl (C=O) groups is 1. The van der Waals surface area contributed by atoms with Crippen LogP contribution in [0.25, 0.3) is 0 Å². The first-order valence-corrected chi connectivity index (χ1v) is 10.7. The average molecular weight is 402 g/mol. The molecule has 0 aliphatic carbocycles. The molecule has 0 spiro atoms. The van der Waals surface area contributed by atoms with Gasteiger partial charge in [0.25, 0.3) is 5.91 Å². The first kappa shape index (κ1) is 21.6. The Morgan fingerprint density at radius 2 is 1.40 bits per heavy atom. The van der Waals surface area contributed by atoms with E-state index in [0.717, 1.165) is 49.2 Å². The van der Waals surface area contributed by atoms with Crippen LogP contribution in [0.1, 0.15) is 34.3 Å². The molecule has 30 heavy (non-hydrogen) atoms. The fraction of sp³-hybridized carbons (Fsp3) is 0.269. The first-order chi connectivity index (χ1) is 14.8. The lowest BCUT2D eigenvalue weighted by molar-refractivity contribution is 0.0952. The molecule has 3 aromatic carbocycles. The van der Waals surface area contributed by atoms with Crippen LogP contribution in [-0.4, -0.2) is 25.5 Å². The quantitative estimate of drug-likeness (QED) is 0.388. The van der Waals surface area contributed by atoms with Gasteiger partial charge in [0.1, 0.15) is 0 Å². The third kappa shape index (κ3) is 7.37. The van der Waals surface area contributed by atoms with Crippen LogP contribution in [-0.2, 0) is 13.0 Å². The molecule has 0 radical (unpaired) electrons. The Bertz CT molecular complexity index is 881. The molecule has 3 N–H and O–H groups in total. The van der Waals surface area contributed by atoms with Gasteiger partial charge in [0, 0.05) is 37.4 Å². The van der Waals surface area contributed by atoms with Crippen molar-refractivity contribution in [2.75, 3.05) is 25.0 Å². The number of rotatable bonds is 12. The number of hydrogen-bond acceptors (Lipinski definition) is 3. The Labute approximate surface area is 179 Å². The molecular formula is C26H31N3O. The third-order valence-corrected chi connectivity index (χ3v) is 5.00. The Hall–Kier alpha value is -3.11. The molecule has 0 fully saturated rings. The van der Waals surface area contributed by atoms with Gasteiger partial charge in [-0.2, -0.15) is 0 Å². The van der Waals surface area contributed by atoms with E-state index in [2.05, 4.69) is 52.3 Å². The van der Waals surface area contributed by atoms with E-state index >= 15 is 0 Å². The Balaban J connectivity index is 1.36. The van der Waals surface area contributed by atoms with Gasteiger partial charge in [0.15, 0.2) is 0 Å². The molecule has 4 heteroatoms. The number of nitrogens with one attached hydrogen (secondary N) is 3. The molecule has 3 rings (SSSR count). The third-order valence-electron chi connectivity index (χ3n) is 5.00. The van der Waals surface area contributed by atoms with Crippen molar-refractivity contribution in [2.45, 2.75) is 25.8 Å². The molecule has 4 nitrogen and oxygen atoms in total. The standard InChI is InChI=1S/C26H31N3O/c30-26(29-18-10-9-13-22-11-3-1-4-12-22)25-17-8-7-14-23(25)21-27-19-20-28-24-15-5-2-6-16-24/h1-8,11-12,14-17,27-28H,9-10,13,18-21H2,(H,29,30). The normalized spacial score (nSPS) is 10.5. The zero-order chi connectivity index (χ0) is 20.9. The number of aryl methyl sites for hydroxylation is 1. The van der Waals surface area contributed by atoms with Gasteiger partial charge in [-0.15, -0.1) is 0 Å². The summed E-state index contributed by atoms with van der Waals surface area (Å²) in [6, 6.07) is 28.5. The first-order valence-electron chi connectivity index (χ1n) is 10.7. The topological polar surface area (TPSA) is 53.2 Å². The molecule has 3 aromatic rings. The molecule has 1 amide bonds. The average Bonchev–Trinajstić information content (AvgIpc) is 2.80. The van der Waals surface area contributed by atoms with Crippen LogP contribution in [0.5, 0.6) is 0 Å². The summed E-state index contributed by atoms with van der Waals surface area (Å²) >= 11 is 0. The van der Waals surface area contributed by atoms with E-state index in [1.165, 1.54) is 5.56 Å². The zero-order valence-electron chi connectivity index (χ0n) is 17.4. The van der Waals surface area contributed by atoms with Crippen LogP contribution in [0.15, 0.2) is 84.9 Å². The van der Waals surface area contributed by atoms with E-state index in [0.29, 0.717) is 13.1 Å². The number of para-hydroxylation sites is 1. The molecule has 0 saturated heterocycles. The van der Waals surface area contributed by atoms with E-state index in [1.54, 1.807) is 0 Å². The molecule has 0 unspecified atom stereocenters. The summed E-state index contributed by atoms with van der Waals surface area (Å²) in [6.07, 6.45) is 3.10. The molecule has 0 aliphatic rings. The second-order valence-electron chi connectivity index (χ2n) is 7.33.